The lowest BCUT2D eigenvalue weighted by Gasteiger charge is -2.12. The smallest absolute Gasteiger partial charge is 0.0491 e. The third-order valence-corrected chi connectivity index (χ3v) is 3.20. The van der Waals surface area contributed by atoms with Crippen LogP contribution in [-0.2, 0) is 11.2 Å². The molecule has 0 aliphatic rings. The zero-order chi connectivity index (χ0) is 12.0. The van der Waals surface area contributed by atoms with Crippen LogP contribution in [0.1, 0.15) is 44.2 Å². The summed E-state index contributed by atoms with van der Waals surface area (Å²) in [6.07, 6.45) is 2.31. The molecule has 0 radical (unpaired) electrons. The highest BCUT2D eigenvalue weighted by atomic mass is 16.5. The predicted octanol–water partition coefficient (Wildman–Crippen LogP) is 4.03. The number of ether oxygens (including phenoxy) is 1. The Morgan fingerprint density at radius 3 is 2.25 bits per heavy atom. The van der Waals surface area contributed by atoms with Crippen molar-refractivity contribution in [1.82, 2.24) is 0 Å². The van der Waals surface area contributed by atoms with Gasteiger partial charge in [-0.1, -0.05) is 45.0 Å². The molecule has 0 spiro atoms. The maximum absolute atomic E-state index is 5.16. The Balaban J connectivity index is 2.57. The number of hydrogen-bond acceptors (Lipinski definition) is 1. The van der Waals surface area contributed by atoms with Gasteiger partial charge >= 0.3 is 0 Å². The molecular formula is C15H24O. The molecular weight excluding hydrogens is 196 g/mol. The summed E-state index contributed by atoms with van der Waals surface area (Å²) in [7, 11) is 1.77. The topological polar surface area (TPSA) is 9.23 Å². The van der Waals surface area contributed by atoms with E-state index in [2.05, 4.69) is 45.0 Å². The van der Waals surface area contributed by atoms with E-state index < -0.39 is 0 Å². The zero-order valence-corrected chi connectivity index (χ0v) is 11.0. The molecule has 0 heterocycles. The van der Waals surface area contributed by atoms with Gasteiger partial charge < -0.3 is 4.74 Å². The second-order valence-electron chi connectivity index (χ2n) is 4.82. The van der Waals surface area contributed by atoms with Crippen molar-refractivity contribution < 1.29 is 4.74 Å². The number of hydrogen-bond donors (Lipinski definition) is 0. The van der Waals surface area contributed by atoms with E-state index in [0.717, 1.165) is 13.0 Å². The molecule has 1 nitrogen and oxygen atoms in total. The summed E-state index contributed by atoms with van der Waals surface area (Å²) >= 11 is 0. The maximum atomic E-state index is 5.16. The van der Waals surface area contributed by atoms with E-state index in [0.29, 0.717) is 11.8 Å². The second-order valence-corrected chi connectivity index (χ2v) is 4.82. The van der Waals surface area contributed by atoms with Crippen LogP contribution in [0, 0.1) is 5.92 Å². The Bertz CT molecular complexity index is 289. The minimum absolute atomic E-state index is 0.597. The van der Waals surface area contributed by atoms with Crippen LogP contribution in [0.3, 0.4) is 0 Å². The van der Waals surface area contributed by atoms with Crippen molar-refractivity contribution in [1.29, 1.82) is 0 Å². The zero-order valence-electron chi connectivity index (χ0n) is 11.0. The SMILES string of the molecule is CCC(C)c1ccc(CC(C)COC)cc1. The van der Waals surface area contributed by atoms with Crippen molar-refractivity contribution in [3.05, 3.63) is 35.4 Å². The molecule has 2 unspecified atom stereocenters. The molecule has 2 atom stereocenters. The molecule has 1 heteroatoms. The highest BCUT2D eigenvalue weighted by Crippen LogP contribution is 2.19. The van der Waals surface area contributed by atoms with Crippen LogP contribution in [0.25, 0.3) is 0 Å². The van der Waals surface area contributed by atoms with Crippen molar-refractivity contribution in [2.75, 3.05) is 13.7 Å². The third-order valence-electron chi connectivity index (χ3n) is 3.20. The second kappa shape index (κ2) is 6.70. The molecule has 0 aliphatic carbocycles. The Morgan fingerprint density at radius 2 is 1.75 bits per heavy atom. The first-order chi connectivity index (χ1) is 7.67. The van der Waals surface area contributed by atoms with Crippen molar-refractivity contribution in [3.63, 3.8) is 0 Å². The molecule has 1 aromatic rings. The van der Waals surface area contributed by atoms with Crippen LogP contribution >= 0.6 is 0 Å². The van der Waals surface area contributed by atoms with E-state index in [4.69, 9.17) is 4.74 Å². The average molecular weight is 220 g/mol. The van der Waals surface area contributed by atoms with E-state index in [-0.39, 0.29) is 0 Å². The Morgan fingerprint density at radius 1 is 1.12 bits per heavy atom. The van der Waals surface area contributed by atoms with E-state index in [1.807, 2.05) is 0 Å². The fraction of sp³-hybridized carbons (Fsp3) is 0.600. The first kappa shape index (κ1) is 13.2. The third kappa shape index (κ3) is 3.97. The molecule has 0 saturated carbocycles. The number of rotatable bonds is 6. The van der Waals surface area contributed by atoms with Gasteiger partial charge in [-0.2, -0.15) is 0 Å². The summed E-state index contributed by atoms with van der Waals surface area (Å²) in [5.41, 5.74) is 2.86. The lowest BCUT2D eigenvalue weighted by molar-refractivity contribution is 0.159. The molecule has 1 rings (SSSR count). The van der Waals surface area contributed by atoms with Gasteiger partial charge in [-0.05, 0) is 35.8 Å². The first-order valence-electron chi connectivity index (χ1n) is 6.25. The van der Waals surface area contributed by atoms with Gasteiger partial charge in [0.2, 0.25) is 0 Å². The van der Waals surface area contributed by atoms with Gasteiger partial charge in [-0.3, -0.25) is 0 Å². The van der Waals surface area contributed by atoms with E-state index in [1.165, 1.54) is 17.5 Å². The molecule has 16 heavy (non-hydrogen) atoms. The van der Waals surface area contributed by atoms with Gasteiger partial charge in [0.25, 0.3) is 0 Å². The lowest BCUT2D eigenvalue weighted by Crippen LogP contribution is -2.07. The van der Waals surface area contributed by atoms with Crippen LogP contribution in [0.5, 0.6) is 0 Å². The van der Waals surface area contributed by atoms with Gasteiger partial charge in [0.1, 0.15) is 0 Å². The highest BCUT2D eigenvalue weighted by molar-refractivity contribution is 5.25. The van der Waals surface area contributed by atoms with Crippen molar-refractivity contribution in [2.24, 2.45) is 5.92 Å². The molecule has 0 aromatic heterocycles. The Kier molecular flexibility index (Phi) is 5.54. The maximum Gasteiger partial charge on any atom is 0.0491 e. The normalized spacial score (nSPS) is 14.8. The van der Waals surface area contributed by atoms with Crippen LogP contribution in [0.2, 0.25) is 0 Å². The van der Waals surface area contributed by atoms with Gasteiger partial charge in [0.05, 0.1) is 0 Å². The Hall–Kier alpha value is -0.820. The van der Waals surface area contributed by atoms with Crippen LogP contribution < -0.4 is 0 Å². The summed E-state index contributed by atoms with van der Waals surface area (Å²) in [5.74, 6) is 1.27. The summed E-state index contributed by atoms with van der Waals surface area (Å²) in [4.78, 5) is 0. The molecule has 1 aromatic carbocycles. The summed E-state index contributed by atoms with van der Waals surface area (Å²) in [6.45, 7) is 7.58. The van der Waals surface area contributed by atoms with E-state index in [1.54, 1.807) is 7.11 Å². The van der Waals surface area contributed by atoms with E-state index >= 15 is 0 Å². The summed E-state index contributed by atoms with van der Waals surface area (Å²) in [5, 5.41) is 0. The molecule has 0 saturated heterocycles. The molecule has 90 valence electrons. The largest absolute Gasteiger partial charge is 0.384 e. The number of methoxy groups -OCH3 is 1. The highest BCUT2D eigenvalue weighted by Gasteiger charge is 2.05. The van der Waals surface area contributed by atoms with Gasteiger partial charge in [0, 0.05) is 13.7 Å². The van der Waals surface area contributed by atoms with E-state index in [9.17, 15) is 0 Å². The van der Waals surface area contributed by atoms with Gasteiger partial charge in [-0.25, -0.2) is 0 Å². The van der Waals surface area contributed by atoms with Crippen molar-refractivity contribution in [2.45, 2.75) is 39.5 Å². The quantitative estimate of drug-likeness (QED) is 0.703. The molecule has 0 N–H and O–H groups in total. The lowest BCUT2D eigenvalue weighted by atomic mass is 9.95. The molecule has 0 amide bonds. The number of benzene rings is 1. The first-order valence-corrected chi connectivity index (χ1v) is 6.25. The minimum Gasteiger partial charge on any atom is -0.384 e. The molecule has 0 fully saturated rings. The standard InChI is InChI=1S/C15H24O/c1-5-13(3)15-8-6-14(7-9-15)10-12(2)11-16-4/h6-9,12-13H,5,10-11H2,1-4H3. The summed E-state index contributed by atoms with van der Waals surface area (Å²) < 4.78 is 5.16. The van der Waals surface area contributed by atoms with Crippen LogP contribution in [0.4, 0.5) is 0 Å². The average Bonchev–Trinajstić information content (AvgIpc) is 2.29. The molecule has 0 bridgehead atoms. The van der Waals surface area contributed by atoms with Crippen LogP contribution in [0.15, 0.2) is 24.3 Å². The minimum atomic E-state index is 0.597. The van der Waals surface area contributed by atoms with Crippen molar-refractivity contribution >= 4 is 0 Å². The Labute approximate surface area is 99.8 Å². The fourth-order valence-corrected chi connectivity index (χ4v) is 1.96. The van der Waals surface area contributed by atoms with Gasteiger partial charge in [0.15, 0.2) is 0 Å². The molecule has 0 aliphatic heterocycles. The van der Waals surface area contributed by atoms with Crippen molar-refractivity contribution in [3.8, 4) is 0 Å². The predicted molar refractivity (Wildman–Crippen MR) is 69.9 cm³/mol. The van der Waals surface area contributed by atoms with Crippen LogP contribution in [-0.4, -0.2) is 13.7 Å². The monoisotopic (exact) mass is 220 g/mol. The van der Waals surface area contributed by atoms with Gasteiger partial charge in [-0.15, -0.1) is 0 Å². The summed E-state index contributed by atoms with van der Waals surface area (Å²) in [6, 6.07) is 9.05. The fourth-order valence-electron chi connectivity index (χ4n) is 1.96.